The van der Waals surface area contributed by atoms with Crippen molar-refractivity contribution in [2.75, 3.05) is 5.32 Å². The summed E-state index contributed by atoms with van der Waals surface area (Å²) in [6, 6.07) is 8.76. The highest BCUT2D eigenvalue weighted by Crippen LogP contribution is 2.17. The summed E-state index contributed by atoms with van der Waals surface area (Å²) in [4.78, 5) is 28.0. The number of nitrogens with one attached hydrogen (secondary N) is 2. The number of amides is 2. The Labute approximate surface area is 149 Å². The van der Waals surface area contributed by atoms with Crippen molar-refractivity contribution in [1.82, 2.24) is 14.7 Å². The molecular formula is C18H17ClN4O2. The van der Waals surface area contributed by atoms with E-state index in [-0.39, 0.29) is 11.8 Å². The number of aromatic nitrogens is 2. The Morgan fingerprint density at radius 2 is 2.00 bits per heavy atom. The number of fused-ring (bicyclic) bond motifs is 1. The summed E-state index contributed by atoms with van der Waals surface area (Å²) in [5, 5.41) is 6.16. The van der Waals surface area contributed by atoms with Crippen LogP contribution in [0, 0.1) is 6.92 Å². The Kier molecular flexibility index (Phi) is 4.72. The molecular weight excluding hydrogens is 340 g/mol. The Morgan fingerprint density at radius 3 is 2.76 bits per heavy atom. The Morgan fingerprint density at radius 1 is 1.20 bits per heavy atom. The van der Waals surface area contributed by atoms with E-state index in [0.717, 1.165) is 16.9 Å². The molecule has 1 aromatic carbocycles. The molecule has 0 fully saturated rings. The lowest BCUT2D eigenvalue weighted by atomic mass is 10.1. The van der Waals surface area contributed by atoms with E-state index in [1.807, 2.05) is 23.6 Å². The second kappa shape index (κ2) is 6.94. The first-order chi connectivity index (χ1) is 11.9. The van der Waals surface area contributed by atoms with Crippen molar-refractivity contribution in [3.8, 4) is 0 Å². The van der Waals surface area contributed by atoms with Crippen molar-refractivity contribution >= 4 is 34.7 Å². The first-order valence-corrected chi connectivity index (χ1v) is 8.10. The third kappa shape index (κ3) is 3.97. The molecule has 0 saturated heterocycles. The maximum atomic E-state index is 12.4. The van der Waals surface area contributed by atoms with Gasteiger partial charge in [-0.1, -0.05) is 17.7 Å². The molecule has 2 heterocycles. The van der Waals surface area contributed by atoms with E-state index in [4.69, 9.17) is 11.6 Å². The number of benzene rings is 1. The SMILES string of the molecule is CC(=O)Nc1cc(C(=O)NCc2cn3cc(Cl)ccc3n2)ccc1C. The van der Waals surface area contributed by atoms with Crippen molar-refractivity contribution in [3.05, 3.63) is 64.6 Å². The first-order valence-electron chi connectivity index (χ1n) is 7.72. The van der Waals surface area contributed by atoms with Gasteiger partial charge in [-0.15, -0.1) is 0 Å². The summed E-state index contributed by atoms with van der Waals surface area (Å²) in [5.41, 5.74) is 3.48. The number of rotatable bonds is 4. The highest BCUT2D eigenvalue weighted by Gasteiger charge is 2.10. The van der Waals surface area contributed by atoms with Crippen molar-refractivity contribution in [3.63, 3.8) is 0 Å². The minimum atomic E-state index is -0.235. The number of carbonyl (C=O) groups excluding carboxylic acids is 2. The van der Waals surface area contributed by atoms with Crippen LogP contribution in [0.4, 0.5) is 5.69 Å². The topological polar surface area (TPSA) is 75.5 Å². The molecule has 0 atom stereocenters. The fraction of sp³-hybridized carbons (Fsp3) is 0.167. The monoisotopic (exact) mass is 356 g/mol. The normalized spacial score (nSPS) is 10.7. The average Bonchev–Trinajstić information content (AvgIpc) is 2.96. The van der Waals surface area contributed by atoms with Crippen LogP contribution in [0.2, 0.25) is 5.02 Å². The number of anilines is 1. The molecule has 25 heavy (non-hydrogen) atoms. The molecule has 6 nitrogen and oxygen atoms in total. The molecule has 0 unspecified atom stereocenters. The van der Waals surface area contributed by atoms with E-state index < -0.39 is 0 Å². The first kappa shape index (κ1) is 17.0. The van der Waals surface area contributed by atoms with Crippen molar-refractivity contribution in [1.29, 1.82) is 0 Å². The minimum Gasteiger partial charge on any atom is -0.346 e. The van der Waals surface area contributed by atoms with Crippen LogP contribution in [0.5, 0.6) is 0 Å². The highest BCUT2D eigenvalue weighted by molar-refractivity contribution is 6.30. The van der Waals surface area contributed by atoms with Crippen LogP contribution in [0.25, 0.3) is 5.65 Å². The molecule has 0 radical (unpaired) electrons. The third-order valence-corrected chi connectivity index (χ3v) is 3.93. The predicted molar refractivity (Wildman–Crippen MR) is 96.9 cm³/mol. The molecule has 0 aliphatic heterocycles. The van der Waals surface area contributed by atoms with Crippen LogP contribution in [0.15, 0.2) is 42.7 Å². The standard InChI is InChI=1S/C18H17ClN4O2/c1-11-3-4-13(7-16(11)21-12(2)24)18(25)20-8-15-10-23-9-14(19)5-6-17(23)22-15/h3-7,9-10H,8H2,1-2H3,(H,20,25)(H,21,24). The second-order valence-corrected chi connectivity index (χ2v) is 6.18. The zero-order valence-corrected chi connectivity index (χ0v) is 14.6. The molecule has 0 bridgehead atoms. The van der Waals surface area contributed by atoms with Gasteiger partial charge in [-0.25, -0.2) is 4.98 Å². The number of halogens is 1. The third-order valence-electron chi connectivity index (χ3n) is 3.71. The van der Waals surface area contributed by atoms with Crippen molar-refractivity contribution < 1.29 is 9.59 Å². The largest absolute Gasteiger partial charge is 0.346 e. The number of hydrogen-bond acceptors (Lipinski definition) is 3. The van der Waals surface area contributed by atoms with Crippen LogP contribution in [0.3, 0.4) is 0 Å². The summed E-state index contributed by atoms with van der Waals surface area (Å²) in [7, 11) is 0. The Balaban J connectivity index is 1.72. The van der Waals surface area contributed by atoms with Crippen molar-refractivity contribution in [2.24, 2.45) is 0 Å². The van der Waals surface area contributed by atoms with E-state index in [1.54, 1.807) is 30.5 Å². The molecule has 3 rings (SSSR count). The second-order valence-electron chi connectivity index (χ2n) is 5.74. The summed E-state index contributed by atoms with van der Waals surface area (Å²) in [6.07, 6.45) is 3.58. The van der Waals surface area contributed by atoms with E-state index >= 15 is 0 Å². The predicted octanol–water partition coefficient (Wildman–Crippen LogP) is 3.18. The number of carbonyl (C=O) groups is 2. The number of pyridine rings is 1. The summed E-state index contributed by atoms with van der Waals surface area (Å²) in [6.45, 7) is 3.60. The van der Waals surface area contributed by atoms with E-state index in [1.165, 1.54) is 6.92 Å². The van der Waals surface area contributed by atoms with Gasteiger partial charge in [-0.3, -0.25) is 9.59 Å². The highest BCUT2D eigenvalue weighted by atomic mass is 35.5. The van der Waals surface area contributed by atoms with Crippen LogP contribution in [-0.4, -0.2) is 21.2 Å². The smallest absolute Gasteiger partial charge is 0.251 e. The van der Waals surface area contributed by atoms with Crippen LogP contribution in [0.1, 0.15) is 28.5 Å². The Hall–Kier alpha value is -2.86. The summed E-state index contributed by atoms with van der Waals surface area (Å²) >= 11 is 5.95. The van der Waals surface area contributed by atoms with Gasteiger partial charge in [-0.2, -0.15) is 0 Å². The fourth-order valence-corrected chi connectivity index (χ4v) is 2.63. The van der Waals surface area contributed by atoms with Crippen LogP contribution < -0.4 is 10.6 Å². The Bertz CT molecular complexity index is 965. The van der Waals surface area contributed by atoms with Gasteiger partial charge < -0.3 is 15.0 Å². The summed E-state index contributed by atoms with van der Waals surface area (Å²) in [5.74, 6) is -0.411. The van der Waals surface area contributed by atoms with Gasteiger partial charge >= 0.3 is 0 Å². The number of imidazole rings is 1. The van der Waals surface area contributed by atoms with E-state index in [2.05, 4.69) is 15.6 Å². The van der Waals surface area contributed by atoms with Gasteiger partial charge in [0, 0.05) is 30.6 Å². The number of aryl methyl sites for hydroxylation is 1. The molecule has 2 N–H and O–H groups in total. The van der Waals surface area contributed by atoms with Crippen LogP contribution in [-0.2, 0) is 11.3 Å². The molecule has 0 aliphatic rings. The maximum Gasteiger partial charge on any atom is 0.251 e. The molecule has 2 amide bonds. The lowest BCUT2D eigenvalue weighted by Crippen LogP contribution is -2.23. The zero-order chi connectivity index (χ0) is 18.0. The van der Waals surface area contributed by atoms with Gasteiger partial charge in [0.15, 0.2) is 0 Å². The fourth-order valence-electron chi connectivity index (χ4n) is 2.46. The minimum absolute atomic E-state index is 0.177. The van der Waals surface area contributed by atoms with Gasteiger partial charge in [0.1, 0.15) is 5.65 Å². The number of hydrogen-bond donors (Lipinski definition) is 2. The maximum absolute atomic E-state index is 12.4. The van der Waals surface area contributed by atoms with E-state index in [0.29, 0.717) is 22.8 Å². The average molecular weight is 357 g/mol. The lowest BCUT2D eigenvalue weighted by molar-refractivity contribution is -0.114. The number of nitrogens with zero attached hydrogens (tertiary/aromatic N) is 2. The molecule has 0 aliphatic carbocycles. The van der Waals surface area contributed by atoms with Crippen molar-refractivity contribution in [2.45, 2.75) is 20.4 Å². The van der Waals surface area contributed by atoms with Gasteiger partial charge in [0.25, 0.3) is 5.91 Å². The molecule has 0 spiro atoms. The van der Waals surface area contributed by atoms with Crippen LogP contribution >= 0.6 is 11.6 Å². The van der Waals surface area contributed by atoms with E-state index in [9.17, 15) is 9.59 Å². The molecule has 2 aromatic heterocycles. The lowest BCUT2D eigenvalue weighted by Gasteiger charge is -2.09. The van der Waals surface area contributed by atoms with Gasteiger partial charge in [0.05, 0.1) is 17.3 Å². The molecule has 3 aromatic rings. The summed E-state index contributed by atoms with van der Waals surface area (Å²) < 4.78 is 1.81. The zero-order valence-electron chi connectivity index (χ0n) is 13.8. The van der Waals surface area contributed by atoms with Gasteiger partial charge in [0.2, 0.25) is 5.91 Å². The quantitative estimate of drug-likeness (QED) is 0.753. The molecule has 0 saturated carbocycles. The van der Waals surface area contributed by atoms with Gasteiger partial charge in [-0.05, 0) is 36.8 Å². The molecule has 128 valence electrons. The molecule has 7 heteroatoms.